The number of hydrogen-bond acceptors (Lipinski definition) is 2. The van der Waals surface area contributed by atoms with Gasteiger partial charge in [0.15, 0.2) is 0 Å². The normalized spacial score (nSPS) is 17.9. The monoisotopic (exact) mass is 302 g/mol. The Hall–Kier alpha value is -0.770. The molecule has 1 heterocycles. The van der Waals surface area contributed by atoms with Crippen LogP contribution in [0.15, 0.2) is 24.3 Å². The molecule has 3 nitrogen and oxygen atoms in total. The fourth-order valence-electron chi connectivity index (χ4n) is 2.24. The van der Waals surface area contributed by atoms with Crippen molar-refractivity contribution in [3.05, 3.63) is 34.9 Å². The minimum absolute atomic E-state index is 0. The molecule has 1 amide bonds. The third-order valence-electron chi connectivity index (χ3n) is 3.38. The van der Waals surface area contributed by atoms with Crippen LogP contribution in [0.1, 0.15) is 18.4 Å². The first kappa shape index (κ1) is 16.3. The van der Waals surface area contributed by atoms with Crippen molar-refractivity contribution in [3.8, 4) is 0 Å². The predicted molar refractivity (Wildman–Crippen MR) is 80.8 cm³/mol. The number of carbonyl (C=O) groups is 1. The smallest absolute Gasteiger partial charge is 0.222 e. The molecule has 1 N–H and O–H groups in total. The second kappa shape index (κ2) is 7.73. The van der Waals surface area contributed by atoms with E-state index in [-0.39, 0.29) is 18.3 Å². The van der Waals surface area contributed by atoms with Gasteiger partial charge in [-0.2, -0.15) is 0 Å². The number of nitrogens with one attached hydrogen (secondary N) is 1. The summed E-state index contributed by atoms with van der Waals surface area (Å²) in [4.78, 5) is 13.8. The molecule has 5 heteroatoms. The number of amides is 1. The van der Waals surface area contributed by atoms with Gasteiger partial charge in [0.1, 0.15) is 0 Å². The quantitative estimate of drug-likeness (QED) is 0.927. The van der Waals surface area contributed by atoms with Crippen LogP contribution in [0.3, 0.4) is 0 Å². The lowest BCUT2D eigenvalue weighted by atomic mass is 10.0. The predicted octanol–water partition coefficient (Wildman–Crippen LogP) is 2.72. The van der Waals surface area contributed by atoms with E-state index in [1.807, 2.05) is 31.3 Å². The molecule has 1 aromatic rings. The molecule has 2 rings (SSSR count). The van der Waals surface area contributed by atoms with Crippen LogP contribution in [0, 0.1) is 5.92 Å². The summed E-state index contributed by atoms with van der Waals surface area (Å²) >= 11 is 5.84. The van der Waals surface area contributed by atoms with E-state index >= 15 is 0 Å². The molecule has 0 saturated carbocycles. The van der Waals surface area contributed by atoms with Gasteiger partial charge in [0.25, 0.3) is 0 Å². The Morgan fingerprint density at radius 2 is 2.11 bits per heavy atom. The lowest BCUT2D eigenvalue weighted by molar-refractivity contribution is -0.131. The summed E-state index contributed by atoms with van der Waals surface area (Å²) in [5, 5.41) is 4.01. The molecular weight excluding hydrogens is 283 g/mol. The highest BCUT2D eigenvalue weighted by Crippen LogP contribution is 2.15. The van der Waals surface area contributed by atoms with Crippen LogP contribution >= 0.6 is 24.0 Å². The second-order valence-electron chi connectivity index (χ2n) is 4.94. The van der Waals surface area contributed by atoms with Crippen LogP contribution < -0.4 is 5.32 Å². The molecule has 19 heavy (non-hydrogen) atoms. The van der Waals surface area contributed by atoms with Crippen molar-refractivity contribution in [1.82, 2.24) is 10.2 Å². The first-order chi connectivity index (χ1) is 8.65. The van der Waals surface area contributed by atoms with Gasteiger partial charge in [-0.05, 0) is 43.1 Å². The summed E-state index contributed by atoms with van der Waals surface area (Å²) < 4.78 is 0. The van der Waals surface area contributed by atoms with Gasteiger partial charge in [0.2, 0.25) is 5.91 Å². The highest BCUT2D eigenvalue weighted by atomic mass is 35.5. The van der Waals surface area contributed by atoms with Crippen molar-refractivity contribution in [1.29, 1.82) is 0 Å². The van der Waals surface area contributed by atoms with E-state index in [1.165, 1.54) is 0 Å². The van der Waals surface area contributed by atoms with Crippen molar-refractivity contribution < 1.29 is 4.79 Å². The average molecular weight is 303 g/mol. The van der Waals surface area contributed by atoms with E-state index in [1.54, 1.807) is 4.90 Å². The zero-order chi connectivity index (χ0) is 13.0. The molecule has 0 aromatic heterocycles. The van der Waals surface area contributed by atoms with E-state index in [4.69, 9.17) is 11.6 Å². The molecule has 1 saturated heterocycles. The Labute approximate surface area is 125 Å². The van der Waals surface area contributed by atoms with Crippen LogP contribution in [0.5, 0.6) is 0 Å². The molecule has 0 bridgehead atoms. The molecule has 0 aliphatic carbocycles. The minimum atomic E-state index is 0. The van der Waals surface area contributed by atoms with E-state index < -0.39 is 0 Å². The highest BCUT2D eigenvalue weighted by molar-refractivity contribution is 6.30. The zero-order valence-corrected chi connectivity index (χ0v) is 12.6. The van der Waals surface area contributed by atoms with Gasteiger partial charge in [-0.1, -0.05) is 23.7 Å². The number of nitrogens with zero attached hydrogens (tertiary/aromatic N) is 1. The Bertz CT molecular complexity index is 402. The molecule has 106 valence electrons. The maximum Gasteiger partial charge on any atom is 0.222 e. The maximum absolute atomic E-state index is 12.0. The van der Waals surface area contributed by atoms with Crippen molar-refractivity contribution in [2.45, 2.75) is 19.4 Å². The molecule has 1 unspecified atom stereocenters. The number of hydrogen-bond donors (Lipinski definition) is 1. The summed E-state index contributed by atoms with van der Waals surface area (Å²) in [5.41, 5.74) is 1.11. The largest absolute Gasteiger partial charge is 0.341 e. The van der Waals surface area contributed by atoms with E-state index in [0.717, 1.165) is 30.1 Å². The molecule has 1 aliphatic heterocycles. The fourth-order valence-corrected chi connectivity index (χ4v) is 2.37. The van der Waals surface area contributed by atoms with Gasteiger partial charge < -0.3 is 10.2 Å². The van der Waals surface area contributed by atoms with Gasteiger partial charge in [0, 0.05) is 25.0 Å². The van der Waals surface area contributed by atoms with Crippen molar-refractivity contribution in [2.24, 2.45) is 5.92 Å². The van der Waals surface area contributed by atoms with Gasteiger partial charge in [-0.15, -0.1) is 12.4 Å². The van der Waals surface area contributed by atoms with Crippen LogP contribution in [0.4, 0.5) is 0 Å². The topological polar surface area (TPSA) is 32.3 Å². The molecule has 0 spiro atoms. The number of carbonyl (C=O) groups excluding carboxylic acids is 1. The maximum atomic E-state index is 12.0. The highest BCUT2D eigenvalue weighted by Gasteiger charge is 2.20. The Balaban J connectivity index is 0.00000180. The Kier molecular flexibility index (Phi) is 6.63. The third kappa shape index (κ3) is 5.01. The summed E-state index contributed by atoms with van der Waals surface area (Å²) in [7, 11) is 1.86. The lowest BCUT2D eigenvalue weighted by Gasteiger charge is -2.19. The minimum Gasteiger partial charge on any atom is -0.341 e. The van der Waals surface area contributed by atoms with E-state index in [0.29, 0.717) is 18.9 Å². The summed E-state index contributed by atoms with van der Waals surface area (Å²) in [6, 6.07) is 7.64. The Morgan fingerprint density at radius 3 is 2.68 bits per heavy atom. The SMILES string of the molecule is CN(Cc1ccc(Cl)cc1)C(=O)CC1CCNC1.Cl. The fraction of sp³-hybridized carbons (Fsp3) is 0.500. The van der Waals surface area contributed by atoms with Crippen LogP contribution in [0.25, 0.3) is 0 Å². The van der Waals surface area contributed by atoms with Gasteiger partial charge in [-0.3, -0.25) is 4.79 Å². The van der Waals surface area contributed by atoms with E-state index in [2.05, 4.69) is 5.32 Å². The number of benzene rings is 1. The van der Waals surface area contributed by atoms with Crippen LogP contribution in [-0.2, 0) is 11.3 Å². The van der Waals surface area contributed by atoms with Crippen LogP contribution in [0.2, 0.25) is 5.02 Å². The first-order valence-electron chi connectivity index (χ1n) is 6.34. The molecule has 0 radical (unpaired) electrons. The first-order valence-corrected chi connectivity index (χ1v) is 6.72. The van der Waals surface area contributed by atoms with Gasteiger partial charge in [-0.25, -0.2) is 0 Å². The molecule has 1 aliphatic rings. The lowest BCUT2D eigenvalue weighted by Crippen LogP contribution is -2.28. The summed E-state index contributed by atoms with van der Waals surface area (Å²) in [6.45, 7) is 2.66. The van der Waals surface area contributed by atoms with Gasteiger partial charge in [0.05, 0.1) is 0 Å². The molecule has 1 fully saturated rings. The zero-order valence-electron chi connectivity index (χ0n) is 11.1. The molecular formula is C14H20Cl2N2O. The summed E-state index contributed by atoms with van der Waals surface area (Å²) in [6.07, 6.45) is 1.76. The van der Waals surface area contributed by atoms with E-state index in [9.17, 15) is 4.79 Å². The van der Waals surface area contributed by atoms with Crippen molar-refractivity contribution in [2.75, 3.05) is 20.1 Å². The number of rotatable bonds is 4. The molecule has 1 aromatic carbocycles. The second-order valence-corrected chi connectivity index (χ2v) is 5.38. The Morgan fingerprint density at radius 1 is 1.42 bits per heavy atom. The number of halogens is 2. The van der Waals surface area contributed by atoms with Crippen molar-refractivity contribution >= 4 is 29.9 Å². The van der Waals surface area contributed by atoms with Gasteiger partial charge >= 0.3 is 0 Å². The standard InChI is InChI=1S/C14H19ClN2O.ClH/c1-17(10-11-2-4-13(15)5-3-11)14(18)8-12-6-7-16-9-12;/h2-5,12,16H,6-10H2,1H3;1H. The summed E-state index contributed by atoms with van der Waals surface area (Å²) in [5.74, 6) is 0.726. The molecule has 1 atom stereocenters. The third-order valence-corrected chi connectivity index (χ3v) is 3.64. The van der Waals surface area contributed by atoms with Crippen LogP contribution in [-0.4, -0.2) is 30.9 Å². The van der Waals surface area contributed by atoms with Crippen molar-refractivity contribution in [3.63, 3.8) is 0 Å². The average Bonchev–Trinajstić information content (AvgIpc) is 2.85.